The molecule has 1 N–H and O–H groups in total. The largest absolute Gasteiger partial charge is 0.356 e. The number of H-pyrrole nitrogens is 1. The summed E-state index contributed by atoms with van der Waals surface area (Å²) >= 11 is 0. The second-order valence-electron chi connectivity index (χ2n) is 3.28. The lowest BCUT2D eigenvalue weighted by molar-refractivity contribution is 0.852. The molecule has 0 unspecified atom stereocenters. The molecule has 0 aliphatic carbocycles. The van der Waals surface area contributed by atoms with Gasteiger partial charge in [0.2, 0.25) is 0 Å². The third kappa shape index (κ3) is 1.23. The Kier molecular flexibility index (Phi) is 1.90. The van der Waals surface area contributed by atoms with E-state index in [1.165, 1.54) is 11.1 Å². The minimum atomic E-state index is 0.536. The molecule has 0 fully saturated rings. The van der Waals surface area contributed by atoms with Gasteiger partial charge in [0.25, 0.3) is 0 Å². The summed E-state index contributed by atoms with van der Waals surface area (Å²) < 4.78 is 0. The summed E-state index contributed by atoms with van der Waals surface area (Å²) in [5.41, 5.74) is 2.57. The van der Waals surface area contributed by atoms with Gasteiger partial charge in [0.15, 0.2) is 0 Å². The Morgan fingerprint density at radius 1 is 1.18 bits per heavy atom. The summed E-state index contributed by atoms with van der Waals surface area (Å²) in [4.78, 5) is 3.13. The number of hydrogen-bond acceptors (Lipinski definition) is 0. The van der Waals surface area contributed by atoms with Crippen LogP contribution < -0.4 is 10.7 Å². The Labute approximate surface area is 67.5 Å². The number of rotatable bonds is 1. The van der Waals surface area contributed by atoms with Gasteiger partial charge < -0.3 is 4.98 Å². The average molecular weight is 149 g/mol. The van der Waals surface area contributed by atoms with Crippen LogP contribution in [0.15, 0.2) is 0 Å². The van der Waals surface area contributed by atoms with Crippen LogP contribution in [0.5, 0.6) is 0 Å². The summed E-state index contributed by atoms with van der Waals surface area (Å²) in [5.74, 6) is 0.536. The molecule has 0 aliphatic rings. The molecule has 1 heterocycles. The fourth-order valence-electron chi connectivity index (χ4n) is 1.51. The Morgan fingerprint density at radius 3 is 1.91 bits per heavy atom. The summed E-state index contributed by atoms with van der Waals surface area (Å²) in [6, 6.07) is 0. The number of aromatic nitrogens is 1. The molecule has 1 aromatic heterocycles. The van der Waals surface area contributed by atoms with Gasteiger partial charge in [0.1, 0.15) is 0 Å². The predicted octanol–water partition coefficient (Wildman–Crippen LogP) is 1.27. The predicted molar refractivity (Wildman–Crippen MR) is 49.9 cm³/mol. The van der Waals surface area contributed by atoms with Gasteiger partial charge in [-0.15, -0.1) is 0 Å². The van der Waals surface area contributed by atoms with Crippen molar-refractivity contribution in [1.29, 1.82) is 0 Å². The second-order valence-corrected chi connectivity index (χ2v) is 3.28. The van der Waals surface area contributed by atoms with Crippen molar-refractivity contribution in [3.05, 3.63) is 21.8 Å². The highest BCUT2D eigenvalue weighted by molar-refractivity contribution is 5.30. The van der Waals surface area contributed by atoms with Crippen LogP contribution in [-0.2, 0) is 0 Å². The van der Waals surface area contributed by atoms with Crippen molar-refractivity contribution in [2.24, 2.45) is 0 Å². The van der Waals surface area contributed by atoms with Crippen molar-refractivity contribution in [3.63, 3.8) is 0 Å². The smallest absolute Gasteiger partial charge is 0.0349 e. The minimum absolute atomic E-state index is 0.536. The average Bonchev–Trinajstić information content (AvgIpc) is 2.07. The monoisotopic (exact) mass is 149 g/mol. The van der Waals surface area contributed by atoms with Crippen molar-refractivity contribution in [2.75, 3.05) is 0 Å². The van der Waals surface area contributed by atoms with Gasteiger partial charge in [0.05, 0.1) is 0 Å². The highest BCUT2D eigenvalue weighted by Crippen LogP contribution is 2.10. The topological polar surface area (TPSA) is 15.8 Å². The highest BCUT2D eigenvalue weighted by atomic mass is 14.7. The van der Waals surface area contributed by atoms with E-state index in [1.54, 1.807) is 0 Å². The van der Waals surface area contributed by atoms with Gasteiger partial charge in [0, 0.05) is 10.7 Å². The van der Waals surface area contributed by atoms with Crippen LogP contribution in [0.4, 0.5) is 0 Å². The maximum absolute atomic E-state index is 3.93. The Balaban J connectivity index is 3.47. The maximum atomic E-state index is 3.93. The first-order valence-electron chi connectivity index (χ1n) is 3.90. The zero-order valence-corrected chi connectivity index (χ0v) is 7.49. The summed E-state index contributed by atoms with van der Waals surface area (Å²) in [6.07, 6.45) is 0. The van der Waals surface area contributed by atoms with E-state index >= 15 is 0 Å². The van der Waals surface area contributed by atoms with Crippen LogP contribution in [-0.4, -0.2) is 4.98 Å². The van der Waals surface area contributed by atoms with Gasteiger partial charge in [-0.2, -0.15) is 0 Å². The van der Waals surface area contributed by atoms with Gasteiger partial charge in [-0.1, -0.05) is 27.0 Å². The van der Waals surface area contributed by atoms with Crippen LogP contribution in [0.1, 0.15) is 30.9 Å². The Bertz CT molecular complexity index is 344. The maximum Gasteiger partial charge on any atom is 0.0349 e. The summed E-state index contributed by atoms with van der Waals surface area (Å²) in [6.45, 7) is 14.2. The van der Waals surface area contributed by atoms with Gasteiger partial charge in [-0.3, -0.25) is 0 Å². The molecule has 60 valence electrons. The fraction of sp³-hybridized carbons (Fsp3) is 0.400. The lowest BCUT2D eigenvalue weighted by Crippen LogP contribution is -2.08. The zero-order chi connectivity index (χ0) is 8.59. The lowest BCUT2D eigenvalue weighted by atomic mass is 10.0. The normalized spacial score (nSPS) is 10.9. The van der Waals surface area contributed by atoms with E-state index < -0.39 is 0 Å². The van der Waals surface area contributed by atoms with E-state index in [2.05, 4.69) is 38.9 Å². The van der Waals surface area contributed by atoms with Crippen LogP contribution in [0.25, 0.3) is 13.2 Å². The first-order chi connectivity index (χ1) is 5.04. The third-order valence-electron chi connectivity index (χ3n) is 2.06. The zero-order valence-electron chi connectivity index (χ0n) is 7.49. The van der Waals surface area contributed by atoms with Crippen LogP contribution in [0.3, 0.4) is 0 Å². The molecular weight excluding hydrogens is 134 g/mol. The standard InChI is InChI=1S/C10H15N/c1-6(2)10-7(3)8(4)11-9(10)5/h6,11H,4-5H2,1-3H3. The molecule has 11 heavy (non-hydrogen) atoms. The first-order valence-corrected chi connectivity index (χ1v) is 3.90. The molecule has 0 saturated heterocycles. The van der Waals surface area contributed by atoms with E-state index in [1.807, 2.05) is 0 Å². The summed E-state index contributed by atoms with van der Waals surface area (Å²) in [5, 5.41) is 2.02. The third-order valence-corrected chi connectivity index (χ3v) is 2.06. The Morgan fingerprint density at radius 2 is 1.73 bits per heavy atom. The van der Waals surface area contributed by atoms with Gasteiger partial charge in [-0.25, -0.2) is 0 Å². The van der Waals surface area contributed by atoms with E-state index in [0.717, 1.165) is 10.7 Å². The van der Waals surface area contributed by atoms with Crippen LogP contribution >= 0.6 is 0 Å². The van der Waals surface area contributed by atoms with E-state index in [9.17, 15) is 0 Å². The van der Waals surface area contributed by atoms with Crippen molar-refractivity contribution in [3.8, 4) is 0 Å². The molecule has 0 atom stereocenters. The minimum Gasteiger partial charge on any atom is -0.356 e. The van der Waals surface area contributed by atoms with E-state index in [0.29, 0.717) is 5.92 Å². The van der Waals surface area contributed by atoms with Crippen molar-refractivity contribution in [2.45, 2.75) is 26.7 Å². The fourth-order valence-corrected chi connectivity index (χ4v) is 1.51. The quantitative estimate of drug-likeness (QED) is 0.619. The molecule has 0 saturated carbocycles. The number of aromatic amines is 1. The van der Waals surface area contributed by atoms with Gasteiger partial charge >= 0.3 is 0 Å². The number of nitrogens with one attached hydrogen (secondary N) is 1. The molecule has 0 aliphatic heterocycles. The molecule has 1 nitrogen and oxygen atoms in total. The van der Waals surface area contributed by atoms with E-state index in [4.69, 9.17) is 0 Å². The second kappa shape index (κ2) is 2.57. The molecule has 0 spiro atoms. The molecule has 1 heteroatoms. The summed E-state index contributed by atoms with van der Waals surface area (Å²) in [7, 11) is 0. The van der Waals surface area contributed by atoms with Crippen molar-refractivity contribution < 1.29 is 0 Å². The first kappa shape index (κ1) is 8.12. The van der Waals surface area contributed by atoms with Crippen molar-refractivity contribution in [1.82, 2.24) is 4.98 Å². The van der Waals surface area contributed by atoms with E-state index in [-0.39, 0.29) is 0 Å². The van der Waals surface area contributed by atoms with Gasteiger partial charge in [-0.05, 0) is 24.0 Å². The number of hydrogen-bond donors (Lipinski definition) is 1. The Hall–Kier alpha value is -0.980. The molecule has 1 rings (SSSR count). The molecule has 0 radical (unpaired) electrons. The van der Waals surface area contributed by atoms with Crippen LogP contribution in [0.2, 0.25) is 0 Å². The molecule has 0 aromatic carbocycles. The molecule has 1 aromatic rings. The molecule has 0 bridgehead atoms. The highest BCUT2D eigenvalue weighted by Gasteiger charge is 2.06. The molecular formula is C10H15N. The SMILES string of the molecule is C=c1[nH]c(=C)c(C(C)C)c1C. The molecule has 0 amide bonds. The van der Waals surface area contributed by atoms with Crippen LogP contribution in [0, 0.1) is 6.92 Å². The van der Waals surface area contributed by atoms with Crippen molar-refractivity contribution >= 4 is 13.2 Å². The lowest BCUT2D eigenvalue weighted by Gasteiger charge is -2.02.